The third kappa shape index (κ3) is 6.00. The second-order valence-corrected chi connectivity index (χ2v) is 4.68. The fourth-order valence-electron chi connectivity index (χ4n) is 2.10. The summed E-state index contributed by atoms with van der Waals surface area (Å²) in [4.78, 5) is 22.8. The molecule has 18 heavy (non-hydrogen) atoms. The van der Waals surface area contributed by atoms with E-state index in [0.29, 0.717) is 19.4 Å². The lowest BCUT2D eigenvalue weighted by molar-refractivity contribution is -0.140. The summed E-state index contributed by atoms with van der Waals surface area (Å²) in [7, 11) is 1.37. The second-order valence-electron chi connectivity index (χ2n) is 4.68. The zero-order valence-electron chi connectivity index (χ0n) is 11.2. The van der Waals surface area contributed by atoms with Crippen LogP contribution in [0.5, 0.6) is 0 Å². The lowest BCUT2D eigenvalue weighted by atomic mass is 10.0. The Morgan fingerprint density at radius 2 is 2.06 bits per heavy atom. The third-order valence-electron chi connectivity index (χ3n) is 3.21. The van der Waals surface area contributed by atoms with E-state index >= 15 is 0 Å². The van der Waals surface area contributed by atoms with Crippen molar-refractivity contribution in [3.8, 4) is 0 Å². The molecule has 2 N–H and O–H groups in total. The molecule has 0 radical (unpaired) electrons. The topological polar surface area (TPSA) is 67.4 Å². The Labute approximate surface area is 109 Å². The first-order valence-corrected chi connectivity index (χ1v) is 6.82. The summed E-state index contributed by atoms with van der Waals surface area (Å²) >= 11 is 0. The first-order valence-electron chi connectivity index (χ1n) is 6.82. The van der Waals surface area contributed by atoms with Crippen molar-refractivity contribution in [2.75, 3.05) is 20.2 Å². The first kappa shape index (κ1) is 15.0. The quantitative estimate of drug-likeness (QED) is 0.568. The monoisotopic (exact) mass is 256 g/mol. The number of rotatable bonds is 5. The summed E-state index contributed by atoms with van der Waals surface area (Å²) < 4.78 is 4.54. The Bertz CT molecular complexity index is 261. The van der Waals surface area contributed by atoms with E-state index in [4.69, 9.17) is 0 Å². The normalized spacial score (nSPS) is 20.6. The number of methoxy groups -OCH3 is 1. The van der Waals surface area contributed by atoms with E-state index in [1.165, 1.54) is 20.0 Å². The molecule has 1 fully saturated rings. The molecule has 0 aliphatic carbocycles. The zero-order valence-corrected chi connectivity index (χ0v) is 11.2. The summed E-state index contributed by atoms with van der Waals surface area (Å²) in [5.74, 6) is -0.171. The van der Waals surface area contributed by atoms with E-state index in [1.807, 2.05) is 0 Å². The third-order valence-corrected chi connectivity index (χ3v) is 3.21. The number of hydrogen-bond acceptors (Lipinski definition) is 4. The highest BCUT2D eigenvalue weighted by Crippen LogP contribution is 2.09. The van der Waals surface area contributed by atoms with E-state index in [2.05, 4.69) is 15.4 Å². The lowest BCUT2D eigenvalue weighted by Gasteiger charge is -2.20. The van der Waals surface area contributed by atoms with Crippen LogP contribution in [-0.4, -0.2) is 38.1 Å². The molecule has 0 aromatic rings. The Kier molecular flexibility index (Phi) is 7.41. The molecule has 1 saturated heterocycles. The van der Waals surface area contributed by atoms with E-state index in [9.17, 15) is 9.59 Å². The molecule has 5 heteroatoms. The number of carbonyl (C=O) groups is 2. The van der Waals surface area contributed by atoms with Crippen molar-refractivity contribution in [2.24, 2.45) is 0 Å². The fraction of sp³-hybridized carbons (Fsp3) is 0.846. The van der Waals surface area contributed by atoms with Crippen molar-refractivity contribution >= 4 is 11.9 Å². The first-order chi connectivity index (χ1) is 8.74. The van der Waals surface area contributed by atoms with Crippen molar-refractivity contribution in [3.63, 3.8) is 0 Å². The van der Waals surface area contributed by atoms with Crippen molar-refractivity contribution in [1.29, 1.82) is 0 Å². The molecule has 0 saturated carbocycles. The molecular formula is C13H24N2O3. The van der Waals surface area contributed by atoms with E-state index in [-0.39, 0.29) is 17.9 Å². The molecule has 1 aliphatic rings. The predicted molar refractivity (Wildman–Crippen MR) is 69.1 cm³/mol. The summed E-state index contributed by atoms with van der Waals surface area (Å²) in [6, 6.07) is -0.0663. The van der Waals surface area contributed by atoms with E-state index in [0.717, 1.165) is 25.8 Å². The second kappa shape index (κ2) is 8.91. The predicted octanol–water partition coefficient (Wildman–Crippen LogP) is 0.978. The van der Waals surface area contributed by atoms with Gasteiger partial charge in [0.15, 0.2) is 0 Å². The van der Waals surface area contributed by atoms with Crippen molar-refractivity contribution < 1.29 is 14.3 Å². The SMILES string of the molecule is COC(=O)CCCNC(=O)C1CCCCCCN1. The number of amides is 1. The van der Waals surface area contributed by atoms with Crippen LogP contribution in [0, 0.1) is 0 Å². The number of hydrogen-bond donors (Lipinski definition) is 2. The fourth-order valence-corrected chi connectivity index (χ4v) is 2.10. The van der Waals surface area contributed by atoms with Gasteiger partial charge >= 0.3 is 5.97 Å². The van der Waals surface area contributed by atoms with Gasteiger partial charge in [0.25, 0.3) is 0 Å². The summed E-state index contributed by atoms with van der Waals surface area (Å²) in [5, 5.41) is 6.15. The van der Waals surface area contributed by atoms with Gasteiger partial charge in [-0.2, -0.15) is 0 Å². The average Bonchev–Trinajstić information content (AvgIpc) is 2.33. The molecule has 1 unspecified atom stereocenters. The van der Waals surface area contributed by atoms with Crippen LogP contribution in [0.3, 0.4) is 0 Å². The maximum Gasteiger partial charge on any atom is 0.305 e. The Morgan fingerprint density at radius 1 is 1.28 bits per heavy atom. The van der Waals surface area contributed by atoms with Gasteiger partial charge < -0.3 is 15.4 Å². The van der Waals surface area contributed by atoms with Crippen molar-refractivity contribution in [3.05, 3.63) is 0 Å². The highest BCUT2D eigenvalue weighted by atomic mass is 16.5. The van der Waals surface area contributed by atoms with Gasteiger partial charge in [0, 0.05) is 13.0 Å². The minimum absolute atomic E-state index is 0.0572. The van der Waals surface area contributed by atoms with Gasteiger partial charge in [-0.1, -0.05) is 19.3 Å². The molecule has 1 atom stereocenters. The van der Waals surface area contributed by atoms with Gasteiger partial charge in [-0.3, -0.25) is 9.59 Å². The summed E-state index contributed by atoms with van der Waals surface area (Å²) in [6.45, 7) is 1.45. The number of esters is 1. The maximum absolute atomic E-state index is 11.9. The Hall–Kier alpha value is -1.10. The summed E-state index contributed by atoms with van der Waals surface area (Å²) in [5.41, 5.74) is 0. The molecule has 0 aromatic carbocycles. The average molecular weight is 256 g/mol. The molecule has 0 spiro atoms. The van der Waals surface area contributed by atoms with Gasteiger partial charge in [-0.05, 0) is 25.8 Å². The Morgan fingerprint density at radius 3 is 2.83 bits per heavy atom. The molecule has 0 bridgehead atoms. The molecule has 1 heterocycles. The molecule has 0 aromatic heterocycles. The highest BCUT2D eigenvalue weighted by Gasteiger charge is 2.18. The van der Waals surface area contributed by atoms with Crippen molar-refractivity contribution in [2.45, 2.75) is 51.0 Å². The zero-order chi connectivity index (χ0) is 13.2. The van der Waals surface area contributed by atoms with Gasteiger partial charge in [0.1, 0.15) is 0 Å². The van der Waals surface area contributed by atoms with Gasteiger partial charge in [-0.25, -0.2) is 0 Å². The van der Waals surface area contributed by atoms with Gasteiger partial charge in [0.05, 0.1) is 13.2 Å². The van der Waals surface area contributed by atoms with Crippen LogP contribution in [-0.2, 0) is 14.3 Å². The van der Waals surface area contributed by atoms with Gasteiger partial charge in [0.2, 0.25) is 5.91 Å². The minimum atomic E-state index is -0.228. The van der Waals surface area contributed by atoms with Crippen LogP contribution < -0.4 is 10.6 Å². The van der Waals surface area contributed by atoms with E-state index in [1.54, 1.807) is 0 Å². The molecular weight excluding hydrogens is 232 g/mol. The Balaban J connectivity index is 2.16. The summed E-state index contributed by atoms with van der Waals surface area (Å²) in [6.07, 6.45) is 6.61. The van der Waals surface area contributed by atoms with Crippen LogP contribution in [0.2, 0.25) is 0 Å². The molecule has 1 amide bonds. The van der Waals surface area contributed by atoms with E-state index < -0.39 is 0 Å². The molecule has 104 valence electrons. The van der Waals surface area contributed by atoms with Crippen LogP contribution in [0.4, 0.5) is 0 Å². The molecule has 5 nitrogen and oxygen atoms in total. The van der Waals surface area contributed by atoms with Crippen molar-refractivity contribution in [1.82, 2.24) is 10.6 Å². The van der Waals surface area contributed by atoms with Crippen LogP contribution in [0.1, 0.15) is 44.9 Å². The number of carbonyl (C=O) groups excluding carboxylic acids is 2. The maximum atomic E-state index is 11.9. The number of ether oxygens (including phenoxy) is 1. The van der Waals surface area contributed by atoms with Crippen LogP contribution in [0.15, 0.2) is 0 Å². The van der Waals surface area contributed by atoms with Gasteiger partial charge in [-0.15, -0.1) is 0 Å². The number of nitrogens with one attached hydrogen (secondary N) is 2. The minimum Gasteiger partial charge on any atom is -0.469 e. The highest BCUT2D eigenvalue weighted by molar-refractivity contribution is 5.81. The standard InChI is InChI=1S/C13H24N2O3/c1-18-12(16)8-6-10-15-13(17)11-7-4-2-3-5-9-14-11/h11,14H,2-10H2,1H3,(H,15,17). The molecule has 1 rings (SSSR count). The van der Waals surface area contributed by atoms with Crippen LogP contribution >= 0.6 is 0 Å². The lowest BCUT2D eigenvalue weighted by Crippen LogP contribution is -2.45. The smallest absolute Gasteiger partial charge is 0.305 e. The largest absolute Gasteiger partial charge is 0.469 e. The molecule has 1 aliphatic heterocycles. The van der Waals surface area contributed by atoms with Crippen LogP contribution in [0.25, 0.3) is 0 Å².